The number of nitrogens with two attached hydrogens (primary N) is 1. The van der Waals surface area contributed by atoms with Crippen molar-refractivity contribution >= 4 is 11.7 Å². The Bertz CT molecular complexity index is 262. The van der Waals surface area contributed by atoms with E-state index in [2.05, 4.69) is 10.5 Å². The Morgan fingerprint density at radius 1 is 1.62 bits per heavy atom. The highest BCUT2D eigenvalue weighted by Gasteiger charge is 2.22. The second-order valence-electron chi connectivity index (χ2n) is 4.09. The Kier molecular flexibility index (Phi) is 5.04. The molecule has 1 atom stereocenters. The first-order chi connectivity index (χ1) is 7.63. The van der Waals surface area contributed by atoms with Crippen LogP contribution in [0.3, 0.4) is 0 Å². The van der Waals surface area contributed by atoms with E-state index in [0.717, 1.165) is 12.8 Å². The van der Waals surface area contributed by atoms with Gasteiger partial charge in [0.05, 0.1) is 0 Å². The van der Waals surface area contributed by atoms with Gasteiger partial charge < -0.3 is 21.0 Å². The number of hydrogen-bond donors (Lipinski definition) is 3. The average molecular weight is 229 g/mol. The molecule has 0 aromatic rings. The maximum Gasteiger partial charge on any atom is 0.223 e. The highest BCUT2D eigenvalue weighted by Crippen LogP contribution is 2.14. The maximum absolute atomic E-state index is 11.8. The number of ether oxygens (including phenoxy) is 1. The maximum atomic E-state index is 11.8. The van der Waals surface area contributed by atoms with E-state index in [4.69, 9.17) is 15.7 Å². The minimum atomic E-state index is -0.119. The zero-order valence-corrected chi connectivity index (χ0v) is 9.48. The van der Waals surface area contributed by atoms with Crippen LogP contribution in [-0.2, 0) is 9.53 Å². The van der Waals surface area contributed by atoms with Gasteiger partial charge in [0.2, 0.25) is 5.91 Å². The zero-order chi connectivity index (χ0) is 12.0. The second kappa shape index (κ2) is 6.32. The fourth-order valence-electron chi connectivity index (χ4n) is 1.73. The van der Waals surface area contributed by atoms with Gasteiger partial charge in [-0.15, -0.1) is 0 Å². The van der Waals surface area contributed by atoms with Crippen molar-refractivity contribution in [3.8, 4) is 0 Å². The minimum Gasteiger partial charge on any atom is -0.409 e. The summed E-state index contributed by atoms with van der Waals surface area (Å²) in [7, 11) is 0. The topological polar surface area (TPSA) is 96.9 Å². The number of hydrogen-bond acceptors (Lipinski definition) is 4. The highest BCUT2D eigenvalue weighted by atomic mass is 16.5. The molecule has 1 aliphatic rings. The van der Waals surface area contributed by atoms with E-state index < -0.39 is 0 Å². The van der Waals surface area contributed by atoms with E-state index >= 15 is 0 Å². The monoisotopic (exact) mass is 229 g/mol. The van der Waals surface area contributed by atoms with Gasteiger partial charge in [0.1, 0.15) is 5.84 Å². The van der Waals surface area contributed by atoms with Crippen molar-refractivity contribution in [2.75, 3.05) is 13.2 Å². The van der Waals surface area contributed by atoms with Crippen molar-refractivity contribution < 1.29 is 14.7 Å². The Labute approximate surface area is 94.8 Å². The van der Waals surface area contributed by atoms with Gasteiger partial charge in [-0.05, 0) is 19.8 Å². The van der Waals surface area contributed by atoms with Crippen molar-refractivity contribution in [2.24, 2.45) is 16.8 Å². The van der Waals surface area contributed by atoms with Crippen molar-refractivity contribution in [2.45, 2.75) is 32.2 Å². The summed E-state index contributed by atoms with van der Waals surface area (Å²) in [6.45, 7) is 3.12. The summed E-state index contributed by atoms with van der Waals surface area (Å²) in [5, 5.41) is 14.1. The van der Waals surface area contributed by atoms with Crippen LogP contribution < -0.4 is 11.1 Å². The van der Waals surface area contributed by atoms with Crippen LogP contribution in [0.1, 0.15) is 26.2 Å². The van der Waals surface area contributed by atoms with Crippen LogP contribution >= 0.6 is 0 Å². The molecule has 6 nitrogen and oxygen atoms in total. The van der Waals surface area contributed by atoms with Crippen molar-refractivity contribution in [1.29, 1.82) is 0 Å². The molecule has 1 saturated heterocycles. The average Bonchev–Trinajstić information content (AvgIpc) is 2.29. The molecule has 0 bridgehead atoms. The molecule has 1 rings (SSSR count). The normalized spacial score (nSPS) is 20.4. The summed E-state index contributed by atoms with van der Waals surface area (Å²) >= 11 is 0. The molecule has 92 valence electrons. The predicted octanol–water partition coefficient (Wildman–Crippen LogP) is 0.0542. The predicted molar refractivity (Wildman–Crippen MR) is 59.2 cm³/mol. The van der Waals surface area contributed by atoms with Gasteiger partial charge in [0, 0.05) is 31.6 Å². The van der Waals surface area contributed by atoms with E-state index in [1.54, 1.807) is 0 Å². The van der Waals surface area contributed by atoms with Crippen LogP contribution in [0, 0.1) is 5.92 Å². The molecule has 0 aromatic heterocycles. The fourth-order valence-corrected chi connectivity index (χ4v) is 1.73. The first-order valence-electron chi connectivity index (χ1n) is 5.48. The summed E-state index contributed by atoms with van der Waals surface area (Å²) in [4.78, 5) is 11.8. The third-order valence-electron chi connectivity index (χ3n) is 2.62. The third kappa shape index (κ3) is 4.06. The van der Waals surface area contributed by atoms with Gasteiger partial charge in [-0.3, -0.25) is 4.79 Å². The van der Waals surface area contributed by atoms with E-state index in [1.165, 1.54) is 0 Å². The number of rotatable bonds is 4. The number of oxime groups is 1. The van der Waals surface area contributed by atoms with Gasteiger partial charge in [-0.25, -0.2) is 0 Å². The Morgan fingerprint density at radius 2 is 2.25 bits per heavy atom. The second-order valence-corrected chi connectivity index (χ2v) is 4.09. The lowest BCUT2D eigenvalue weighted by molar-refractivity contribution is -0.128. The molecule has 0 spiro atoms. The number of amides is 1. The Balaban J connectivity index is 2.32. The summed E-state index contributed by atoms with van der Waals surface area (Å²) in [5.41, 5.74) is 5.36. The van der Waals surface area contributed by atoms with E-state index in [9.17, 15) is 4.79 Å². The van der Waals surface area contributed by atoms with Crippen LogP contribution in [-0.4, -0.2) is 36.2 Å². The molecular formula is C10H19N3O3. The lowest BCUT2D eigenvalue weighted by Crippen LogP contribution is -2.41. The molecule has 1 unspecified atom stereocenters. The van der Waals surface area contributed by atoms with E-state index in [-0.39, 0.29) is 23.7 Å². The van der Waals surface area contributed by atoms with E-state index in [1.807, 2.05) is 6.92 Å². The number of nitrogens with zero attached hydrogens (tertiary/aromatic N) is 1. The van der Waals surface area contributed by atoms with E-state index in [0.29, 0.717) is 19.6 Å². The smallest absolute Gasteiger partial charge is 0.223 e. The number of carbonyl (C=O) groups is 1. The van der Waals surface area contributed by atoms with Crippen molar-refractivity contribution in [1.82, 2.24) is 5.32 Å². The van der Waals surface area contributed by atoms with Gasteiger partial charge >= 0.3 is 0 Å². The van der Waals surface area contributed by atoms with Crippen LogP contribution in [0.25, 0.3) is 0 Å². The summed E-state index contributed by atoms with van der Waals surface area (Å²) < 4.78 is 5.18. The Hall–Kier alpha value is -1.30. The molecule has 6 heteroatoms. The summed E-state index contributed by atoms with van der Waals surface area (Å²) in [5.74, 6) is 0.185. The quantitative estimate of drug-likeness (QED) is 0.275. The number of amidine groups is 1. The first-order valence-corrected chi connectivity index (χ1v) is 5.48. The molecule has 0 aliphatic carbocycles. The lowest BCUT2D eigenvalue weighted by Gasteiger charge is -2.23. The summed E-state index contributed by atoms with van der Waals surface area (Å²) in [6, 6.07) is -0.119. The van der Waals surface area contributed by atoms with Gasteiger partial charge in [-0.1, -0.05) is 5.16 Å². The first kappa shape index (κ1) is 12.8. The van der Waals surface area contributed by atoms with Crippen LogP contribution in [0.4, 0.5) is 0 Å². The standard InChI is InChI=1S/C10H19N3O3/c1-7(6-9(11)13-15)12-10(14)8-2-4-16-5-3-8/h7-8,15H,2-6H2,1H3,(H2,11,13)(H,12,14). The van der Waals surface area contributed by atoms with Crippen molar-refractivity contribution in [3.63, 3.8) is 0 Å². The summed E-state index contributed by atoms with van der Waals surface area (Å²) in [6.07, 6.45) is 1.88. The molecule has 0 saturated carbocycles. The molecule has 1 amide bonds. The molecule has 4 N–H and O–H groups in total. The molecular weight excluding hydrogens is 210 g/mol. The van der Waals surface area contributed by atoms with Crippen LogP contribution in [0.15, 0.2) is 5.16 Å². The van der Waals surface area contributed by atoms with Gasteiger partial charge in [0.15, 0.2) is 0 Å². The number of carbonyl (C=O) groups excluding carboxylic acids is 1. The van der Waals surface area contributed by atoms with Gasteiger partial charge in [-0.2, -0.15) is 0 Å². The van der Waals surface area contributed by atoms with Crippen LogP contribution in [0.2, 0.25) is 0 Å². The lowest BCUT2D eigenvalue weighted by atomic mass is 9.99. The van der Waals surface area contributed by atoms with Crippen molar-refractivity contribution in [3.05, 3.63) is 0 Å². The molecule has 0 aromatic carbocycles. The molecule has 1 aliphatic heterocycles. The zero-order valence-electron chi connectivity index (χ0n) is 9.48. The third-order valence-corrected chi connectivity index (χ3v) is 2.62. The molecule has 1 fully saturated rings. The molecule has 16 heavy (non-hydrogen) atoms. The largest absolute Gasteiger partial charge is 0.409 e. The SMILES string of the molecule is CC(CC(N)=NO)NC(=O)C1CCOCC1. The van der Waals surface area contributed by atoms with Gasteiger partial charge in [0.25, 0.3) is 0 Å². The van der Waals surface area contributed by atoms with Crippen LogP contribution in [0.5, 0.6) is 0 Å². The molecule has 1 heterocycles. The minimum absolute atomic E-state index is 0.0292. The highest BCUT2D eigenvalue weighted by molar-refractivity contribution is 5.82. The number of nitrogens with one attached hydrogen (secondary N) is 1. The Morgan fingerprint density at radius 3 is 2.81 bits per heavy atom. The fraction of sp³-hybridized carbons (Fsp3) is 0.800. The molecule has 0 radical (unpaired) electrons.